The zero-order chi connectivity index (χ0) is 18.5. The molecule has 1 aromatic rings. The van der Waals surface area contributed by atoms with Gasteiger partial charge in [-0.2, -0.15) is 0 Å². The number of hydrogen-bond acceptors (Lipinski definition) is 5. The first kappa shape index (κ1) is 19.5. The van der Waals surface area contributed by atoms with E-state index in [0.29, 0.717) is 6.54 Å². The van der Waals surface area contributed by atoms with E-state index in [9.17, 15) is 5.11 Å². The van der Waals surface area contributed by atoms with Gasteiger partial charge in [0.1, 0.15) is 11.5 Å². The molecular weight excluding hydrogens is 328 g/mol. The number of aliphatic hydroxyl groups is 1. The zero-order valence-electron chi connectivity index (χ0n) is 16.5. The van der Waals surface area contributed by atoms with E-state index >= 15 is 0 Å². The van der Waals surface area contributed by atoms with E-state index in [2.05, 4.69) is 16.7 Å². The average Bonchev–Trinajstić information content (AvgIpc) is 2.68. The van der Waals surface area contributed by atoms with Crippen LogP contribution < -0.4 is 9.47 Å². The summed E-state index contributed by atoms with van der Waals surface area (Å²) in [5.41, 5.74) is 0.805. The smallest absolute Gasteiger partial charge is 0.124 e. The van der Waals surface area contributed by atoms with E-state index < -0.39 is 6.10 Å². The Kier molecular flexibility index (Phi) is 6.79. The van der Waals surface area contributed by atoms with E-state index in [1.165, 1.54) is 38.8 Å². The molecule has 1 atom stereocenters. The van der Waals surface area contributed by atoms with Crippen LogP contribution in [-0.4, -0.2) is 67.9 Å². The van der Waals surface area contributed by atoms with Gasteiger partial charge in [-0.05, 0) is 76.0 Å². The number of β-amino-alcohol motifs (C(OH)–C–C–N with tert-alkyl or cyclic N) is 1. The van der Waals surface area contributed by atoms with E-state index in [4.69, 9.17) is 9.47 Å². The monoisotopic (exact) mass is 362 g/mol. The maximum atomic E-state index is 10.8. The van der Waals surface area contributed by atoms with Gasteiger partial charge in [-0.1, -0.05) is 6.92 Å². The first-order valence-corrected chi connectivity index (χ1v) is 9.97. The lowest BCUT2D eigenvalue weighted by atomic mass is 9.94. The van der Waals surface area contributed by atoms with Crippen molar-refractivity contribution in [3.63, 3.8) is 0 Å². The van der Waals surface area contributed by atoms with Crippen LogP contribution in [-0.2, 0) is 0 Å². The second-order valence-corrected chi connectivity index (χ2v) is 7.87. The lowest BCUT2D eigenvalue weighted by Crippen LogP contribution is -2.48. The number of hydrogen-bond donors (Lipinski definition) is 1. The molecule has 2 fully saturated rings. The van der Waals surface area contributed by atoms with E-state index in [-0.39, 0.29) is 0 Å². The lowest BCUT2D eigenvalue weighted by molar-refractivity contribution is 0.0535. The third-order valence-electron chi connectivity index (χ3n) is 6.12. The molecule has 0 radical (unpaired) electrons. The second kappa shape index (κ2) is 9.07. The molecule has 0 saturated carbocycles. The molecule has 5 heteroatoms. The van der Waals surface area contributed by atoms with Crippen LogP contribution in [0.2, 0.25) is 0 Å². The standard InChI is InChI=1S/C21H34N2O3/c1-16-6-12-23(13-7-16)17-8-10-22(11-9-17)15-20(24)19-14-18(25-2)4-5-21(19)26-3/h4-5,14,16-17,20,24H,6-13,15H2,1-3H3. The topological polar surface area (TPSA) is 45.2 Å². The molecule has 1 N–H and O–H groups in total. The summed E-state index contributed by atoms with van der Waals surface area (Å²) >= 11 is 0. The van der Waals surface area contributed by atoms with Crippen molar-refractivity contribution in [2.45, 2.75) is 44.8 Å². The van der Waals surface area contributed by atoms with Gasteiger partial charge in [0.25, 0.3) is 0 Å². The molecule has 0 spiro atoms. The third kappa shape index (κ3) is 4.70. The normalized spacial score (nSPS) is 22.3. The van der Waals surface area contributed by atoms with Crippen LogP contribution in [0.1, 0.15) is 44.3 Å². The van der Waals surface area contributed by atoms with E-state index in [1.807, 2.05) is 18.2 Å². The molecule has 2 aliphatic rings. The molecule has 2 aliphatic heterocycles. The zero-order valence-corrected chi connectivity index (χ0v) is 16.5. The van der Waals surface area contributed by atoms with Gasteiger partial charge in [0.2, 0.25) is 0 Å². The number of piperidine rings is 2. The average molecular weight is 363 g/mol. The fourth-order valence-electron chi connectivity index (χ4n) is 4.30. The molecule has 0 bridgehead atoms. The molecule has 5 nitrogen and oxygen atoms in total. The summed E-state index contributed by atoms with van der Waals surface area (Å²) in [5.74, 6) is 2.35. The van der Waals surface area contributed by atoms with Crippen LogP contribution >= 0.6 is 0 Å². The number of benzene rings is 1. The van der Waals surface area contributed by atoms with Gasteiger partial charge in [-0.15, -0.1) is 0 Å². The summed E-state index contributed by atoms with van der Waals surface area (Å²) in [6, 6.07) is 6.33. The van der Waals surface area contributed by atoms with E-state index in [1.54, 1.807) is 14.2 Å². The molecule has 0 aliphatic carbocycles. The lowest BCUT2D eigenvalue weighted by Gasteiger charge is -2.41. The minimum absolute atomic E-state index is 0.563. The summed E-state index contributed by atoms with van der Waals surface area (Å²) in [6.45, 7) is 7.65. The first-order valence-electron chi connectivity index (χ1n) is 9.97. The van der Waals surface area contributed by atoms with Crippen LogP contribution in [0.15, 0.2) is 18.2 Å². The minimum Gasteiger partial charge on any atom is -0.497 e. The van der Waals surface area contributed by atoms with Gasteiger partial charge < -0.3 is 24.4 Å². The van der Waals surface area contributed by atoms with Crippen LogP contribution in [0.4, 0.5) is 0 Å². The van der Waals surface area contributed by atoms with Gasteiger partial charge in [-0.3, -0.25) is 0 Å². The van der Waals surface area contributed by atoms with Crippen molar-refractivity contribution in [1.82, 2.24) is 9.80 Å². The van der Waals surface area contributed by atoms with Crippen molar-refractivity contribution in [1.29, 1.82) is 0 Å². The number of methoxy groups -OCH3 is 2. The van der Waals surface area contributed by atoms with Gasteiger partial charge in [0, 0.05) is 18.2 Å². The highest BCUT2D eigenvalue weighted by Gasteiger charge is 2.28. The third-order valence-corrected chi connectivity index (χ3v) is 6.12. The molecule has 0 amide bonds. The maximum absolute atomic E-state index is 10.8. The Bertz CT molecular complexity index is 564. The summed E-state index contributed by atoms with van der Waals surface area (Å²) in [5, 5.41) is 10.8. The van der Waals surface area contributed by atoms with Crippen LogP contribution in [0.5, 0.6) is 11.5 Å². The maximum Gasteiger partial charge on any atom is 0.124 e. The second-order valence-electron chi connectivity index (χ2n) is 7.87. The number of rotatable bonds is 6. The van der Waals surface area contributed by atoms with Gasteiger partial charge >= 0.3 is 0 Å². The Morgan fingerprint density at radius 3 is 2.35 bits per heavy atom. The Labute approximate surface area is 157 Å². The van der Waals surface area contributed by atoms with Crippen molar-refractivity contribution in [3.8, 4) is 11.5 Å². The molecular formula is C21H34N2O3. The fourth-order valence-corrected chi connectivity index (χ4v) is 4.30. The van der Waals surface area contributed by atoms with Gasteiger partial charge in [-0.25, -0.2) is 0 Å². The minimum atomic E-state index is -0.563. The highest BCUT2D eigenvalue weighted by molar-refractivity contribution is 5.41. The number of ether oxygens (including phenoxy) is 2. The first-order chi connectivity index (χ1) is 12.6. The van der Waals surface area contributed by atoms with Crippen molar-refractivity contribution in [3.05, 3.63) is 23.8 Å². The number of likely N-dealkylation sites (tertiary alicyclic amines) is 2. The number of nitrogens with zero attached hydrogens (tertiary/aromatic N) is 2. The van der Waals surface area contributed by atoms with Crippen LogP contribution in [0.3, 0.4) is 0 Å². The predicted molar refractivity (Wildman–Crippen MR) is 104 cm³/mol. The van der Waals surface area contributed by atoms with Crippen LogP contribution in [0, 0.1) is 5.92 Å². The molecule has 2 heterocycles. The molecule has 1 aromatic carbocycles. The Morgan fingerprint density at radius 2 is 1.73 bits per heavy atom. The summed E-state index contributed by atoms with van der Waals surface area (Å²) < 4.78 is 10.7. The highest BCUT2D eigenvalue weighted by atomic mass is 16.5. The molecule has 26 heavy (non-hydrogen) atoms. The van der Waals surface area contributed by atoms with Gasteiger partial charge in [0.15, 0.2) is 0 Å². The van der Waals surface area contributed by atoms with Gasteiger partial charge in [0.05, 0.1) is 20.3 Å². The molecule has 3 rings (SSSR count). The Hall–Kier alpha value is -1.30. The van der Waals surface area contributed by atoms with E-state index in [0.717, 1.165) is 42.1 Å². The van der Waals surface area contributed by atoms with Crippen molar-refractivity contribution in [2.24, 2.45) is 5.92 Å². The summed E-state index contributed by atoms with van der Waals surface area (Å²) in [6.07, 6.45) is 4.53. The fraction of sp³-hybridized carbons (Fsp3) is 0.714. The molecule has 146 valence electrons. The molecule has 1 unspecified atom stereocenters. The van der Waals surface area contributed by atoms with Crippen molar-refractivity contribution in [2.75, 3.05) is 46.9 Å². The summed E-state index contributed by atoms with van der Waals surface area (Å²) in [7, 11) is 3.28. The largest absolute Gasteiger partial charge is 0.497 e. The SMILES string of the molecule is COc1ccc(OC)c(C(O)CN2CCC(N3CCC(C)CC3)CC2)c1. The quantitative estimate of drug-likeness (QED) is 0.843. The Morgan fingerprint density at radius 1 is 1.04 bits per heavy atom. The summed E-state index contributed by atoms with van der Waals surface area (Å²) in [4.78, 5) is 5.07. The number of aliphatic hydroxyl groups excluding tert-OH is 1. The van der Waals surface area contributed by atoms with Crippen LogP contribution in [0.25, 0.3) is 0 Å². The predicted octanol–water partition coefficient (Wildman–Crippen LogP) is 2.93. The van der Waals surface area contributed by atoms with Crippen molar-refractivity contribution >= 4 is 0 Å². The molecule has 0 aromatic heterocycles. The Balaban J connectivity index is 1.53. The highest BCUT2D eigenvalue weighted by Crippen LogP contribution is 2.31. The molecule has 2 saturated heterocycles. The van der Waals surface area contributed by atoms with Crippen molar-refractivity contribution < 1.29 is 14.6 Å².